The summed E-state index contributed by atoms with van der Waals surface area (Å²) in [6.07, 6.45) is 3.19. The zero-order valence-corrected chi connectivity index (χ0v) is 9.01. The molecule has 0 aromatic carbocycles. The first kappa shape index (κ1) is 10.3. The van der Waals surface area contributed by atoms with Gasteiger partial charge in [0.25, 0.3) is 5.91 Å². The van der Waals surface area contributed by atoms with Crippen molar-refractivity contribution in [2.24, 2.45) is 7.05 Å². The Hall–Kier alpha value is -2.24. The summed E-state index contributed by atoms with van der Waals surface area (Å²) >= 11 is 0. The van der Waals surface area contributed by atoms with Gasteiger partial charge in [-0.15, -0.1) is 5.10 Å². The van der Waals surface area contributed by atoms with Crippen molar-refractivity contribution in [3.8, 4) is 0 Å². The highest BCUT2D eigenvalue weighted by Gasteiger charge is 2.10. The quantitative estimate of drug-likeness (QED) is 0.806. The molecule has 0 aliphatic rings. The number of nitrogens with one attached hydrogen (secondary N) is 1. The fourth-order valence-corrected chi connectivity index (χ4v) is 1.24. The molecule has 2 heterocycles. The van der Waals surface area contributed by atoms with Crippen LogP contribution in [0.3, 0.4) is 0 Å². The summed E-state index contributed by atoms with van der Waals surface area (Å²) in [4.78, 5) is 15.7. The molecule has 0 spiro atoms. The van der Waals surface area contributed by atoms with Gasteiger partial charge in [0.2, 0.25) is 0 Å². The molecule has 0 bridgehead atoms. The molecule has 0 aliphatic carbocycles. The first-order valence-electron chi connectivity index (χ1n) is 4.75. The van der Waals surface area contributed by atoms with E-state index < -0.39 is 0 Å². The van der Waals surface area contributed by atoms with Crippen molar-refractivity contribution in [3.05, 3.63) is 35.8 Å². The Morgan fingerprint density at radius 1 is 1.50 bits per heavy atom. The van der Waals surface area contributed by atoms with E-state index in [0.717, 1.165) is 5.56 Å². The Morgan fingerprint density at radius 2 is 2.31 bits per heavy atom. The molecule has 1 N–H and O–H groups in total. The average molecular weight is 217 g/mol. The van der Waals surface area contributed by atoms with Crippen molar-refractivity contribution in [2.45, 2.75) is 6.92 Å². The topological polar surface area (TPSA) is 72.7 Å². The molecule has 0 unspecified atom stereocenters. The molecule has 0 aliphatic heterocycles. The summed E-state index contributed by atoms with van der Waals surface area (Å²) in [6, 6.07) is 3.65. The molecule has 6 heteroatoms. The number of rotatable bonds is 2. The number of hydrogen-bond acceptors (Lipinski definition) is 4. The van der Waals surface area contributed by atoms with Gasteiger partial charge in [-0.05, 0) is 24.6 Å². The third-order valence-corrected chi connectivity index (χ3v) is 1.99. The number of amides is 1. The van der Waals surface area contributed by atoms with Gasteiger partial charge in [0, 0.05) is 13.2 Å². The van der Waals surface area contributed by atoms with Gasteiger partial charge in [-0.25, -0.2) is 4.98 Å². The van der Waals surface area contributed by atoms with E-state index in [1.54, 1.807) is 25.5 Å². The average Bonchev–Trinajstić information content (AvgIpc) is 2.65. The smallest absolute Gasteiger partial charge is 0.278 e. The standard InChI is InChI=1S/C10H11N5O/c1-7-3-4-11-9(5-7)12-10(16)8-6-15(2)14-13-8/h3-6H,1-2H3,(H,11,12,16). The summed E-state index contributed by atoms with van der Waals surface area (Å²) in [5.74, 6) is 0.196. The highest BCUT2D eigenvalue weighted by molar-refractivity contribution is 6.02. The van der Waals surface area contributed by atoms with Crippen molar-refractivity contribution in [3.63, 3.8) is 0 Å². The Labute approximate surface area is 92.3 Å². The Morgan fingerprint density at radius 3 is 2.94 bits per heavy atom. The van der Waals surface area contributed by atoms with Crippen LogP contribution in [0.1, 0.15) is 16.1 Å². The normalized spacial score (nSPS) is 10.1. The Kier molecular flexibility index (Phi) is 2.63. The number of carbonyl (C=O) groups is 1. The third kappa shape index (κ3) is 2.22. The van der Waals surface area contributed by atoms with Crippen LogP contribution < -0.4 is 5.32 Å². The van der Waals surface area contributed by atoms with E-state index in [1.165, 1.54) is 4.68 Å². The lowest BCUT2D eigenvalue weighted by Crippen LogP contribution is -2.13. The molecule has 0 atom stereocenters. The van der Waals surface area contributed by atoms with Crippen molar-refractivity contribution in [1.29, 1.82) is 0 Å². The highest BCUT2D eigenvalue weighted by Crippen LogP contribution is 2.06. The van der Waals surface area contributed by atoms with Gasteiger partial charge in [0.15, 0.2) is 5.69 Å². The summed E-state index contributed by atoms with van der Waals surface area (Å²) in [7, 11) is 1.70. The number of anilines is 1. The van der Waals surface area contributed by atoms with Gasteiger partial charge >= 0.3 is 0 Å². The van der Waals surface area contributed by atoms with E-state index in [4.69, 9.17) is 0 Å². The maximum absolute atomic E-state index is 11.7. The first-order chi connectivity index (χ1) is 7.65. The molecule has 0 fully saturated rings. The second kappa shape index (κ2) is 4.09. The van der Waals surface area contributed by atoms with E-state index in [9.17, 15) is 4.79 Å². The lowest BCUT2D eigenvalue weighted by atomic mass is 10.3. The number of carbonyl (C=O) groups excluding carboxylic acids is 1. The largest absolute Gasteiger partial charge is 0.305 e. The van der Waals surface area contributed by atoms with Crippen molar-refractivity contribution < 1.29 is 4.79 Å². The molecular weight excluding hydrogens is 206 g/mol. The molecule has 2 aromatic rings. The predicted octanol–water partition coefficient (Wildman–Crippen LogP) is 0.771. The number of aromatic nitrogens is 4. The predicted molar refractivity (Wildman–Crippen MR) is 57.9 cm³/mol. The zero-order chi connectivity index (χ0) is 11.5. The van der Waals surface area contributed by atoms with Crippen molar-refractivity contribution in [1.82, 2.24) is 20.0 Å². The van der Waals surface area contributed by atoms with Crippen molar-refractivity contribution >= 4 is 11.7 Å². The minimum Gasteiger partial charge on any atom is -0.305 e. The summed E-state index contributed by atoms with van der Waals surface area (Å²) in [5.41, 5.74) is 1.30. The zero-order valence-electron chi connectivity index (χ0n) is 9.01. The van der Waals surface area contributed by atoms with Crippen LogP contribution in [0.2, 0.25) is 0 Å². The van der Waals surface area contributed by atoms with E-state index >= 15 is 0 Å². The van der Waals surface area contributed by atoms with Crippen LogP contribution in [-0.2, 0) is 7.05 Å². The minimum absolute atomic E-state index is 0.269. The van der Waals surface area contributed by atoms with Crippen LogP contribution in [0.4, 0.5) is 5.82 Å². The molecule has 16 heavy (non-hydrogen) atoms. The fraction of sp³-hybridized carbons (Fsp3) is 0.200. The molecule has 6 nitrogen and oxygen atoms in total. The van der Waals surface area contributed by atoms with E-state index in [1.807, 2.05) is 13.0 Å². The summed E-state index contributed by atoms with van der Waals surface area (Å²) < 4.78 is 1.47. The Bertz CT molecular complexity index is 519. The van der Waals surface area contributed by atoms with Gasteiger partial charge in [0.05, 0.1) is 6.20 Å². The molecule has 0 radical (unpaired) electrons. The molecule has 82 valence electrons. The van der Waals surface area contributed by atoms with Gasteiger partial charge in [-0.1, -0.05) is 5.21 Å². The van der Waals surface area contributed by atoms with Crippen LogP contribution in [0.15, 0.2) is 24.5 Å². The van der Waals surface area contributed by atoms with Crippen molar-refractivity contribution in [2.75, 3.05) is 5.32 Å². The summed E-state index contributed by atoms with van der Waals surface area (Å²) in [6.45, 7) is 1.93. The van der Waals surface area contributed by atoms with Crippen LogP contribution in [-0.4, -0.2) is 25.9 Å². The maximum atomic E-state index is 11.7. The molecule has 2 rings (SSSR count). The maximum Gasteiger partial charge on any atom is 0.278 e. The number of nitrogens with zero attached hydrogens (tertiary/aromatic N) is 4. The van der Waals surface area contributed by atoms with E-state index in [2.05, 4.69) is 20.6 Å². The van der Waals surface area contributed by atoms with Gasteiger partial charge in [-0.3, -0.25) is 9.48 Å². The second-order valence-corrected chi connectivity index (χ2v) is 3.45. The van der Waals surface area contributed by atoms with Gasteiger partial charge in [-0.2, -0.15) is 0 Å². The van der Waals surface area contributed by atoms with E-state index in [0.29, 0.717) is 5.82 Å². The molecule has 0 saturated carbocycles. The van der Waals surface area contributed by atoms with Crippen LogP contribution in [0.25, 0.3) is 0 Å². The first-order valence-corrected chi connectivity index (χ1v) is 4.75. The van der Waals surface area contributed by atoms with Crippen LogP contribution in [0.5, 0.6) is 0 Å². The molecule has 1 amide bonds. The van der Waals surface area contributed by atoms with Crippen LogP contribution >= 0.6 is 0 Å². The monoisotopic (exact) mass is 217 g/mol. The number of aryl methyl sites for hydroxylation is 2. The summed E-state index contributed by atoms with van der Waals surface area (Å²) in [5, 5.41) is 10.0. The SMILES string of the molecule is Cc1ccnc(NC(=O)c2cn(C)nn2)c1. The number of pyridine rings is 1. The third-order valence-electron chi connectivity index (χ3n) is 1.99. The Balaban J connectivity index is 2.13. The molecular formula is C10H11N5O. The molecule has 2 aromatic heterocycles. The van der Waals surface area contributed by atoms with Gasteiger partial charge in [0.1, 0.15) is 5.82 Å². The second-order valence-electron chi connectivity index (χ2n) is 3.45. The van der Waals surface area contributed by atoms with Crippen LogP contribution in [0, 0.1) is 6.92 Å². The lowest BCUT2D eigenvalue weighted by molar-refractivity contribution is 0.102. The highest BCUT2D eigenvalue weighted by atomic mass is 16.2. The van der Waals surface area contributed by atoms with Gasteiger partial charge < -0.3 is 5.32 Å². The fourth-order valence-electron chi connectivity index (χ4n) is 1.24. The lowest BCUT2D eigenvalue weighted by Gasteiger charge is -2.01. The minimum atomic E-state index is -0.314. The van der Waals surface area contributed by atoms with E-state index in [-0.39, 0.29) is 11.6 Å². The number of hydrogen-bond donors (Lipinski definition) is 1. The molecule has 0 saturated heterocycles.